The average Bonchev–Trinajstić information content (AvgIpc) is 2.61. The summed E-state index contributed by atoms with van der Waals surface area (Å²) in [4.78, 5) is 18.7. The first-order valence-electron chi connectivity index (χ1n) is 7.36. The molecule has 1 aromatic heterocycles. The van der Waals surface area contributed by atoms with Gasteiger partial charge in [-0.05, 0) is 29.8 Å². The van der Waals surface area contributed by atoms with Crippen molar-refractivity contribution in [2.45, 2.75) is 6.54 Å². The van der Waals surface area contributed by atoms with Crippen LogP contribution in [0.5, 0.6) is 0 Å². The van der Waals surface area contributed by atoms with Gasteiger partial charge in [-0.25, -0.2) is 4.98 Å². The molecule has 0 spiro atoms. The van der Waals surface area contributed by atoms with E-state index in [1.807, 2.05) is 60.7 Å². The zero-order chi connectivity index (χ0) is 16.1. The molecule has 3 rings (SSSR count). The van der Waals surface area contributed by atoms with Crippen LogP contribution < -0.4 is 10.6 Å². The zero-order valence-electron chi connectivity index (χ0n) is 12.6. The molecule has 114 valence electrons. The number of para-hydroxylation sites is 1. The van der Waals surface area contributed by atoms with Crippen molar-refractivity contribution in [1.29, 1.82) is 0 Å². The summed E-state index contributed by atoms with van der Waals surface area (Å²) in [6, 6.07) is 22.8. The van der Waals surface area contributed by atoms with Gasteiger partial charge in [0.2, 0.25) is 0 Å². The molecule has 4 nitrogen and oxygen atoms in total. The lowest BCUT2D eigenvalue weighted by Gasteiger charge is -2.22. The van der Waals surface area contributed by atoms with Crippen molar-refractivity contribution >= 4 is 17.3 Å². The topological polar surface area (TPSA) is 59.2 Å². The lowest BCUT2D eigenvalue weighted by atomic mass is 10.1. The molecule has 0 bridgehead atoms. The Labute approximate surface area is 135 Å². The number of carbonyl (C=O) groups is 1. The number of nitrogen functional groups attached to an aromatic ring is 1. The van der Waals surface area contributed by atoms with Crippen LogP contribution in [-0.2, 0) is 6.54 Å². The number of pyridine rings is 1. The van der Waals surface area contributed by atoms with Crippen molar-refractivity contribution in [3.63, 3.8) is 0 Å². The maximum Gasteiger partial charge on any atom is 0.277 e. The number of amides is 1. The fourth-order valence-corrected chi connectivity index (χ4v) is 2.32. The van der Waals surface area contributed by atoms with Gasteiger partial charge in [-0.15, -0.1) is 0 Å². The molecule has 0 fully saturated rings. The largest absolute Gasteiger partial charge is 0.397 e. The SMILES string of the molecule is Nc1ccc(C(=O)N(Cc2ccccc2)c2ccccc2)nc1. The van der Waals surface area contributed by atoms with E-state index in [-0.39, 0.29) is 5.91 Å². The van der Waals surface area contributed by atoms with Gasteiger partial charge in [0.1, 0.15) is 5.69 Å². The number of hydrogen-bond donors (Lipinski definition) is 1. The summed E-state index contributed by atoms with van der Waals surface area (Å²) in [5.74, 6) is -0.153. The van der Waals surface area contributed by atoms with E-state index < -0.39 is 0 Å². The molecule has 0 unspecified atom stereocenters. The molecule has 0 aliphatic rings. The van der Waals surface area contributed by atoms with Gasteiger partial charge in [0, 0.05) is 5.69 Å². The Bertz CT molecular complexity index is 771. The fourth-order valence-electron chi connectivity index (χ4n) is 2.32. The molecular weight excluding hydrogens is 286 g/mol. The Morgan fingerprint density at radius 1 is 0.913 bits per heavy atom. The van der Waals surface area contributed by atoms with E-state index in [1.54, 1.807) is 17.0 Å². The normalized spacial score (nSPS) is 10.3. The van der Waals surface area contributed by atoms with Crippen LogP contribution in [0, 0.1) is 0 Å². The van der Waals surface area contributed by atoms with E-state index in [2.05, 4.69) is 4.98 Å². The summed E-state index contributed by atoms with van der Waals surface area (Å²) in [5.41, 5.74) is 8.45. The predicted octanol–water partition coefficient (Wildman–Crippen LogP) is 3.51. The number of anilines is 2. The van der Waals surface area contributed by atoms with Crippen LogP contribution in [-0.4, -0.2) is 10.9 Å². The fraction of sp³-hybridized carbons (Fsp3) is 0.0526. The zero-order valence-corrected chi connectivity index (χ0v) is 12.6. The van der Waals surface area contributed by atoms with E-state index in [4.69, 9.17) is 5.73 Å². The summed E-state index contributed by atoms with van der Waals surface area (Å²) >= 11 is 0. The van der Waals surface area contributed by atoms with Crippen LogP contribution in [0.25, 0.3) is 0 Å². The highest BCUT2D eigenvalue weighted by atomic mass is 16.2. The van der Waals surface area contributed by atoms with Crippen molar-refractivity contribution in [2.24, 2.45) is 0 Å². The van der Waals surface area contributed by atoms with Gasteiger partial charge < -0.3 is 10.6 Å². The quantitative estimate of drug-likeness (QED) is 0.802. The minimum absolute atomic E-state index is 0.153. The van der Waals surface area contributed by atoms with Crippen LogP contribution in [0.3, 0.4) is 0 Å². The van der Waals surface area contributed by atoms with Crippen LogP contribution >= 0.6 is 0 Å². The third-order valence-electron chi connectivity index (χ3n) is 3.50. The molecule has 0 radical (unpaired) electrons. The monoisotopic (exact) mass is 303 g/mol. The molecule has 3 aromatic rings. The van der Waals surface area contributed by atoms with E-state index >= 15 is 0 Å². The Hall–Kier alpha value is -3.14. The molecule has 0 saturated heterocycles. The van der Waals surface area contributed by atoms with E-state index in [0.29, 0.717) is 17.9 Å². The Morgan fingerprint density at radius 3 is 2.17 bits per heavy atom. The van der Waals surface area contributed by atoms with E-state index in [9.17, 15) is 4.79 Å². The highest BCUT2D eigenvalue weighted by Crippen LogP contribution is 2.19. The van der Waals surface area contributed by atoms with E-state index in [1.165, 1.54) is 6.20 Å². The van der Waals surface area contributed by atoms with Gasteiger partial charge in [0.05, 0.1) is 18.4 Å². The summed E-state index contributed by atoms with van der Waals surface area (Å²) in [7, 11) is 0. The van der Waals surface area contributed by atoms with Gasteiger partial charge in [-0.2, -0.15) is 0 Å². The number of benzene rings is 2. The van der Waals surface area contributed by atoms with Gasteiger partial charge in [-0.1, -0.05) is 48.5 Å². The minimum atomic E-state index is -0.153. The van der Waals surface area contributed by atoms with E-state index in [0.717, 1.165) is 11.3 Å². The molecule has 2 aromatic carbocycles. The lowest BCUT2D eigenvalue weighted by Crippen LogP contribution is -2.31. The predicted molar refractivity (Wildman–Crippen MR) is 92.0 cm³/mol. The van der Waals surface area contributed by atoms with Crippen molar-refractivity contribution in [3.05, 3.63) is 90.3 Å². The number of hydrogen-bond acceptors (Lipinski definition) is 3. The number of nitrogens with two attached hydrogens (primary N) is 1. The molecule has 0 aliphatic carbocycles. The molecule has 4 heteroatoms. The average molecular weight is 303 g/mol. The third kappa shape index (κ3) is 3.55. The van der Waals surface area contributed by atoms with Gasteiger partial charge in [0.15, 0.2) is 0 Å². The summed E-state index contributed by atoms with van der Waals surface area (Å²) in [5, 5.41) is 0. The molecule has 2 N–H and O–H groups in total. The molecule has 0 saturated carbocycles. The van der Waals surface area contributed by atoms with Gasteiger partial charge in [-0.3, -0.25) is 4.79 Å². The number of aromatic nitrogens is 1. The van der Waals surface area contributed by atoms with Crippen LogP contribution in [0.15, 0.2) is 79.0 Å². The maximum atomic E-state index is 12.9. The Morgan fingerprint density at radius 2 is 1.57 bits per heavy atom. The van der Waals surface area contributed by atoms with Gasteiger partial charge >= 0.3 is 0 Å². The number of rotatable bonds is 4. The Balaban J connectivity index is 1.94. The first-order chi connectivity index (χ1) is 11.2. The molecule has 0 atom stereocenters. The lowest BCUT2D eigenvalue weighted by molar-refractivity contribution is 0.0980. The second kappa shape index (κ2) is 6.75. The third-order valence-corrected chi connectivity index (χ3v) is 3.50. The van der Waals surface area contributed by atoms with Gasteiger partial charge in [0.25, 0.3) is 5.91 Å². The first-order valence-corrected chi connectivity index (χ1v) is 7.36. The molecule has 0 aliphatic heterocycles. The second-order valence-electron chi connectivity index (χ2n) is 5.19. The van der Waals surface area contributed by atoms with Crippen LogP contribution in [0.1, 0.15) is 16.1 Å². The van der Waals surface area contributed by atoms with Crippen molar-refractivity contribution < 1.29 is 4.79 Å². The smallest absolute Gasteiger partial charge is 0.277 e. The molecule has 23 heavy (non-hydrogen) atoms. The highest BCUT2D eigenvalue weighted by molar-refractivity contribution is 6.04. The summed E-state index contributed by atoms with van der Waals surface area (Å²) in [6.45, 7) is 0.482. The Kier molecular flexibility index (Phi) is 4.34. The van der Waals surface area contributed by atoms with Crippen LogP contribution in [0.4, 0.5) is 11.4 Å². The molecular formula is C19H17N3O. The van der Waals surface area contributed by atoms with Crippen LogP contribution in [0.2, 0.25) is 0 Å². The van der Waals surface area contributed by atoms with Crippen molar-refractivity contribution in [1.82, 2.24) is 4.98 Å². The summed E-state index contributed by atoms with van der Waals surface area (Å²) in [6.07, 6.45) is 1.50. The standard InChI is InChI=1S/C19H17N3O/c20-16-11-12-18(21-13-16)19(23)22(17-9-5-2-6-10-17)14-15-7-3-1-4-8-15/h1-13H,14,20H2. The van der Waals surface area contributed by atoms with Crippen molar-refractivity contribution in [2.75, 3.05) is 10.6 Å². The highest BCUT2D eigenvalue weighted by Gasteiger charge is 2.19. The number of nitrogens with zero attached hydrogens (tertiary/aromatic N) is 2. The molecule has 1 heterocycles. The molecule has 1 amide bonds. The number of carbonyl (C=O) groups excluding carboxylic acids is 1. The summed E-state index contributed by atoms with van der Waals surface area (Å²) < 4.78 is 0. The maximum absolute atomic E-state index is 12.9. The minimum Gasteiger partial charge on any atom is -0.397 e. The first kappa shape index (κ1) is 14.8. The second-order valence-corrected chi connectivity index (χ2v) is 5.19. The van der Waals surface area contributed by atoms with Crippen molar-refractivity contribution in [3.8, 4) is 0 Å².